The first-order valence-corrected chi connectivity index (χ1v) is 4.13. The Hall–Kier alpha value is -1.02. The third kappa shape index (κ3) is 1.43. The minimum absolute atomic E-state index is 0.128. The molecule has 1 unspecified atom stereocenters. The van der Waals surface area contributed by atoms with Crippen molar-refractivity contribution in [3.63, 3.8) is 0 Å². The van der Waals surface area contributed by atoms with E-state index in [0.29, 0.717) is 6.61 Å². The second-order valence-electron chi connectivity index (χ2n) is 2.66. The van der Waals surface area contributed by atoms with Crippen LogP contribution in [-0.4, -0.2) is 13.0 Å². The number of nitrogens with zero attached hydrogens (tertiary/aromatic N) is 1. The van der Waals surface area contributed by atoms with Gasteiger partial charge in [-0.1, -0.05) is 23.7 Å². The van der Waals surface area contributed by atoms with E-state index in [9.17, 15) is 0 Å². The van der Waals surface area contributed by atoms with Crippen molar-refractivity contribution in [2.75, 3.05) is 6.61 Å². The van der Waals surface area contributed by atoms with Crippen molar-refractivity contribution >= 4 is 18.0 Å². The monoisotopic (exact) mass is 181 g/mol. The van der Waals surface area contributed by atoms with Crippen LogP contribution in [0.2, 0.25) is 5.02 Å². The molecule has 0 spiro atoms. The van der Waals surface area contributed by atoms with E-state index in [4.69, 9.17) is 16.3 Å². The molecule has 0 saturated heterocycles. The van der Waals surface area contributed by atoms with E-state index in [0.717, 1.165) is 10.6 Å². The highest BCUT2D eigenvalue weighted by Gasteiger charge is 2.13. The number of aliphatic imine (C=N–C) groups is 1. The lowest BCUT2D eigenvalue weighted by Gasteiger charge is -2.04. The first-order chi connectivity index (χ1) is 5.86. The van der Waals surface area contributed by atoms with Crippen LogP contribution in [0.3, 0.4) is 0 Å². The van der Waals surface area contributed by atoms with Gasteiger partial charge in [0.25, 0.3) is 0 Å². The summed E-state index contributed by atoms with van der Waals surface area (Å²) in [5.74, 6) is 0. The first kappa shape index (κ1) is 7.62. The van der Waals surface area contributed by atoms with Gasteiger partial charge in [-0.2, -0.15) is 0 Å². The molecule has 0 aromatic heterocycles. The summed E-state index contributed by atoms with van der Waals surface area (Å²) in [6.45, 7) is 0.625. The Morgan fingerprint density at radius 2 is 2.42 bits per heavy atom. The minimum atomic E-state index is 0.128. The Balaban J connectivity index is 2.27. The summed E-state index contributed by atoms with van der Waals surface area (Å²) in [6.07, 6.45) is 1.49. The van der Waals surface area contributed by atoms with Crippen LogP contribution in [0.5, 0.6) is 0 Å². The Morgan fingerprint density at radius 1 is 1.50 bits per heavy atom. The van der Waals surface area contributed by atoms with Gasteiger partial charge in [0.1, 0.15) is 12.6 Å². The highest BCUT2D eigenvalue weighted by atomic mass is 35.5. The molecule has 0 saturated carbocycles. The van der Waals surface area contributed by atoms with Crippen molar-refractivity contribution in [3.05, 3.63) is 34.9 Å². The van der Waals surface area contributed by atoms with Gasteiger partial charge in [0, 0.05) is 5.02 Å². The standard InChI is InChI=1S/C9H8ClNO/c10-8-3-1-2-7(4-8)9-5-12-6-11-9/h1-4,6,9H,5H2. The molecule has 1 aromatic carbocycles. The minimum Gasteiger partial charge on any atom is -0.481 e. The van der Waals surface area contributed by atoms with Crippen molar-refractivity contribution in [3.8, 4) is 0 Å². The molecule has 62 valence electrons. The summed E-state index contributed by atoms with van der Waals surface area (Å²) in [5, 5.41) is 0.745. The summed E-state index contributed by atoms with van der Waals surface area (Å²) < 4.78 is 5.02. The summed E-state index contributed by atoms with van der Waals surface area (Å²) in [5.41, 5.74) is 1.11. The van der Waals surface area contributed by atoms with Crippen LogP contribution >= 0.6 is 11.6 Å². The van der Waals surface area contributed by atoms with Gasteiger partial charge in [-0.3, -0.25) is 0 Å². The van der Waals surface area contributed by atoms with Crippen LogP contribution in [0.15, 0.2) is 29.3 Å². The van der Waals surface area contributed by atoms with Gasteiger partial charge in [0.15, 0.2) is 6.40 Å². The quantitative estimate of drug-likeness (QED) is 0.652. The van der Waals surface area contributed by atoms with E-state index >= 15 is 0 Å². The highest BCUT2D eigenvalue weighted by molar-refractivity contribution is 6.30. The zero-order chi connectivity index (χ0) is 8.39. The lowest BCUT2D eigenvalue weighted by atomic mass is 10.1. The van der Waals surface area contributed by atoms with Gasteiger partial charge in [-0.05, 0) is 17.7 Å². The molecule has 0 N–H and O–H groups in total. The lowest BCUT2D eigenvalue weighted by molar-refractivity contribution is 0.330. The van der Waals surface area contributed by atoms with Crippen LogP contribution in [0.4, 0.5) is 0 Å². The maximum Gasteiger partial charge on any atom is 0.170 e. The SMILES string of the molecule is Clc1cccc(C2COC=N2)c1. The Labute approximate surface area is 75.8 Å². The van der Waals surface area contributed by atoms with Gasteiger partial charge in [0.2, 0.25) is 0 Å². The van der Waals surface area contributed by atoms with Gasteiger partial charge < -0.3 is 4.74 Å². The van der Waals surface area contributed by atoms with Crippen molar-refractivity contribution in [1.29, 1.82) is 0 Å². The summed E-state index contributed by atoms with van der Waals surface area (Å²) >= 11 is 5.83. The van der Waals surface area contributed by atoms with Crippen LogP contribution in [0.1, 0.15) is 11.6 Å². The average molecular weight is 182 g/mol. The lowest BCUT2D eigenvalue weighted by Crippen LogP contribution is -1.96. The van der Waals surface area contributed by atoms with Crippen LogP contribution in [0.25, 0.3) is 0 Å². The van der Waals surface area contributed by atoms with Crippen molar-refractivity contribution in [2.45, 2.75) is 6.04 Å². The number of ether oxygens (including phenoxy) is 1. The zero-order valence-corrected chi connectivity index (χ0v) is 7.16. The zero-order valence-electron chi connectivity index (χ0n) is 6.40. The highest BCUT2D eigenvalue weighted by Crippen LogP contribution is 2.22. The molecule has 2 nitrogen and oxygen atoms in total. The predicted molar refractivity (Wildman–Crippen MR) is 48.6 cm³/mol. The maximum atomic E-state index is 5.83. The third-order valence-electron chi connectivity index (χ3n) is 1.80. The molecule has 0 fully saturated rings. The topological polar surface area (TPSA) is 21.6 Å². The fourth-order valence-corrected chi connectivity index (χ4v) is 1.39. The molecular weight excluding hydrogens is 174 g/mol. The van der Waals surface area contributed by atoms with Gasteiger partial charge in [0.05, 0.1) is 0 Å². The molecule has 1 aromatic rings. The second kappa shape index (κ2) is 3.15. The first-order valence-electron chi connectivity index (χ1n) is 3.75. The number of rotatable bonds is 1. The van der Waals surface area contributed by atoms with Crippen LogP contribution in [-0.2, 0) is 4.74 Å². The fraction of sp³-hybridized carbons (Fsp3) is 0.222. The molecule has 3 heteroatoms. The molecule has 1 aliphatic rings. The van der Waals surface area contributed by atoms with E-state index < -0.39 is 0 Å². The van der Waals surface area contributed by atoms with Crippen molar-refractivity contribution in [2.24, 2.45) is 4.99 Å². The number of hydrogen-bond donors (Lipinski definition) is 0. The van der Waals surface area contributed by atoms with E-state index in [1.807, 2.05) is 24.3 Å². The Morgan fingerprint density at radius 3 is 3.08 bits per heavy atom. The fourth-order valence-electron chi connectivity index (χ4n) is 1.19. The van der Waals surface area contributed by atoms with Crippen molar-refractivity contribution in [1.82, 2.24) is 0 Å². The normalized spacial score (nSPS) is 20.9. The van der Waals surface area contributed by atoms with Gasteiger partial charge in [-0.25, -0.2) is 4.99 Å². The largest absolute Gasteiger partial charge is 0.481 e. The Kier molecular flexibility index (Phi) is 2.00. The van der Waals surface area contributed by atoms with Crippen LogP contribution < -0.4 is 0 Å². The average Bonchev–Trinajstić information content (AvgIpc) is 2.56. The molecular formula is C9H8ClNO. The number of hydrogen-bond acceptors (Lipinski definition) is 2. The molecule has 0 bridgehead atoms. The van der Waals surface area contributed by atoms with Crippen LogP contribution in [0, 0.1) is 0 Å². The number of halogens is 1. The predicted octanol–water partition coefficient (Wildman–Crippen LogP) is 2.44. The molecule has 0 amide bonds. The summed E-state index contributed by atoms with van der Waals surface area (Å²) in [6, 6.07) is 7.82. The molecule has 1 aliphatic heterocycles. The summed E-state index contributed by atoms with van der Waals surface area (Å²) in [4.78, 5) is 4.14. The molecule has 1 heterocycles. The molecule has 0 radical (unpaired) electrons. The molecule has 12 heavy (non-hydrogen) atoms. The summed E-state index contributed by atoms with van der Waals surface area (Å²) in [7, 11) is 0. The second-order valence-corrected chi connectivity index (χ2v) is 3.10. The van der Waals surface area contributed by atoms with E-state index in [1.165, 1.54) is 6.40 Å². The molecule has 1 atom stereocenters. The smallest absolute Gasteiger partial charge is 0.170 e. The van der Waals surface area contributed by atoms with E-state index in [1.54, 1.807) is 0 Å². The van der Waals surface area contributed by atoms with Crippen molar-refractivity contribution < 1.29 is 4.74 Å². The van der Waals surface area contributed by atoms with Gasteiger partial charge in [-0.15, -0.1) is 0 Å². The molecule has 2 rings (SSSR count). The van der Waals surface area contributed by atoms with E-state index in [-0.39, 0.29) is 6.04 Å². The maximum absolute atomic E-state index is 5.83. The molecule has 0 aliphatic carbocycles. The van der Waals surface area contributed by atoms with Gasteiger partial charge >= 0.3 is 0 Å². The number of benzene rings is 1. The third-order valence-corrected chi connectivity index (χ3v) is 2.04. The Bertz CT molecular complexity index is 311. The van der Waals surface area contributed by atoms with E-state index in [2.05, 4.69) is 4.99 Å².